The van der Waals surface area contributed by atoms with E-state index < -0.39 is 80.4 Å². The zero-order valence-corrected chi connectivity index (χ0v) is 31.0. The summed E-state index contributed by atoms with van der Waals surface area (Å²) in [5, 5.41) is 72.9. The number of aliphatic hydroxyl groups excluding tert-OH is 7. The molecular formula is C39H62O13. The van der Waals surface area contributed by atoms with Gasteiger partial charge in [-0.05, 0) is 91.8 Å². The maximum atomic E-state index is 11.4. The molecule has 0 bridgehead atoms. The fraction of sp³-hybridized carbons (Fsp3) is 0.949. The second-order valence-electron chi connectivity index (χ2n) is 18.3. The molecule has 7 fully saturated rings. The average Bonchev–Trinajstić information content (AvgIpc) is 3.58. The standard InChI is InChI=1S/C39H62O13/c1-18-7-12-39(47-17-18)19(2)28-25(52-39)14-24-22-6-5-20-13-21(8-10-37(20,3)23(22)9-11-38(24,28)4)48-36-33(46)34(30(43)27(16-41)50-36)51-35-32(45)31(44)29(42)26(15-40)49-35/h5,18-19,21-36,40-46H,6-17H2,1-4H3/t18-,19+,21+,22-,23+,24+,25+,26-,27-,28+,29-,30-,31+,32-,33-,34+,35+,36-,37+,38+,39-/m1/s1. The topological polar surface area (TPSA) is 197 Å². The van der Waals surface area contributed by atoms with Gasteiger partial charge in [0, 0.05) is 12.3 Å². The first-order chi connectivity index (χ1) is 24.7. The first-order valence-corrected chi connectivity index (χ1v) is 20.0. The summed E-state index contributed by atoms with van der Waals surface area (Å²) in [6.45, 7) is 9.19. The molecule has 13 nitrogen and oxygen atoms in total. The summed E-state index contributed by atoms with van der Waals surface area (Å²) in [6, 6.07) is 0. The van der Waals surface area contributed by atoms with Crippen LogP contribution in [-0.4, -0.2) is 135 Å². The first kappa shape index (κ1) is 38.1. The Morgan fingerprint density at radius 1 is 0.788 bits per heavy atom. The molecule has 21 atom stereocenters. The molecule has 3 saturated carbocycles. The van der Waals surface area contributed by atoms with Crippen LogP contribution >= 0.6 is 0 Å². The number of fused-ring (bicyclic) bond motifs is 7. The molecule has 0 aromatic rings. The highest BCUT2D eigenvalue weighted by Gasteiger charge is 2.68. The molecule has 0 unspecified atom stereocenters. The molecule has 0 aromatic carbocycles. The lowest BCUT2D eigenvalue weighted by Gasteiger charge is -2.58. The Bertz CT molecular complexity index is 1320. The third-order valence-electron chi connectivity index (χ3n) is 15.6. The minimum Gasteiger partial charge on any atom is -0.394 e. The van der Waals surface area contributed by atoms with Gasteiger partial charge in [0.2, 0.25) is 0 Å². The fourth-order valence-electron chi connectivity index (χ4n) is 12.6. The van der Waals surface area contributed by atoms with E-state index >= 15 is 0 Å². The average molecular weight is 739 g/mol. The number of hydrogen-bond acceptors (Lipinski definition) is 13. The molecule has 0 aromatic heterocycles. The van der Waals surface area contributed by atoms with Gasteiger partial charge in [0.05, 0.1) is 32.0 Å². The van der Waals surface area contributed by atoms with E-state index in [1.165, 1.54) is 18.4 Å². The third kappa shape index (κ3) is 5.90. The van der Waals surface area contributed by atoms with E-state index in [1.54, 1.807) is 0 Å². The minimum absolute atomic E-state index is 0.0444. The Balaban J connectivity index is 0.938. The molecule has 0 amide bonds. The fourth-order valence-corrected chi connectivity index (χ4v) is 12.6. The van der Waals surface area contributed by atoms with Crippen molar-refractivity contribution in [2.45, 2.75) is 165 Å². The van der Waals surface area contributed by atoms with E-state index in [0.717, 1.165) is 45.1 Å². The van der Waals surface area contributed by atoms with Crippen LogP contribution in [0.25, 0.3) is 0 Å². The molecule has 296 valence electrons. The maximum Gasteiger partial charge on any atom is 0.187 e. The van der Waals surface area contributed by atoms with E-state index in [-0.39, 0.29) is 23.0 Å². The van der Waals surface area contributed by atoms with Crippen molar-refractivity contribution >= 4 is 0 Å². The molecular weight excluding hydrogens is 676 g/mol. The van der Waals surface area contributed by atoms with Gasteiger partial charge in [-0.3, -0.25) is 0 Å². The zero-order valence-electron chi connectivity index (χ0n) is 31.0. The number of hydrogen-bond donors (Lipinski definition) is 7. The Morgan fingerprint density at radius 2 is 1.50 bits per heavy atom. The van der Waals surface area contributed by atoms with Crippen molar-refractivity contribution in [3.05, 3.63) is 11.6 Å². The van der Waals surface area contributed by atoms with Crippen LogP contribution in [0.4, 0.5) is 0 Å². The zero-order chi connectivity index (χ0) is 36.9. The van der Waals surface area contributed by atoms with Gasteiger partial charge in [-0.2, -0.15) is 0 Å². The summed E-state index contributed by atoms with van der Waals surface area (Å²) in [4.78, 5) is 0. The van der Waals surface area contributed by atoms with Crippen LogP contribution in [0.2, 0.25) is 0 Å². The summed E-state index contributed by atoms with van der Waals surface area (Å²) in [5.74, 6) is 2.88. The number of aliphatic hydroxyl groups is 7. The molecule has 4 heterocycles. The Kier molecular flexibility index (Phi) is 10.3. The lowest BCUT2D eigenvalue weighted by atomic mass is 9.47. The van der Waals surface area contributed by atoms with Crippen LogP contribution in [0, 0.1) is 46.3 Å². The summed E-state index contributed by atoms with van der Waals surface area (Å²) in [6.07, 6.45) is -3.23. The molecule has 4 aliphatic heterocycles. The normalized spacial score (nSPS) is 57.5. The van der Waals surface area contributed by atoms with E-state index in [2.05, 4.69) is 33.8 Å². The predicted molar refractivity (Wildman–Crippen MR) is 183 cm³/mol. The van der Waals surface area contributed by atoms with Crippen LogP contribution < -0.4 is 0 Å². The van der Waals surface area contributed by atoms with Gasteiger partial charge in [0.1, 0.15) is 48.8 Å². The van der Waals surface area contributed by atoms with Crippen molar-refractivity contribution < 1.29 is 64.2 Å². The van der Waals surface area contributed by atoms with E-state index in [1.807, 2.05) is 0 Å². The molecule has 4 aliphatic carbocycles. The third-order valence-corrected chi connectivity index (χ3v) is 15.6. The van der Waals surface area contributed by atoms with Gasteiger partial charge in [-0.15, -0.1) is 0 Å². The quantitative estimate of drug-likeness (QED) is 0.193. The van der Waals surface area contributed by atoms with Crippen molar-refractivity contribution in [3.63, 3.8) is 0 Å². The van der Waals surface area contributed by atoms with Crippen molar-refractivity contribution in [1.82, 2.24) is 0 Å². The van der Waals surface area contributed by atoms with E-state index in [0.29, 0.717) is 41.9 Å². The molecule has 7 N–H and O–H groups in total. The van der Waals surface area contributed by atoms with Crippen LogP contribution in [0.15, 0.2) is 11.6 Å². The lowest BCUT2D eigenvalue weighted by Crippen LogP contribution is -2.65. The van der Waals surface area contributed by atoms with E-state index in [9.17, 15) is 35.7 Å². The molecule has 0 radical (unpaired) electrons. The van der Waals surface area contributed by atoms with Crippen LogP contribution in [0.3, 0.4) is 0 Å². The minimum atomic E-state index is -1.73. The van der Waals surface area contributed by atoms with Gasteiger partial charge in [0.15, 0.2) is 18.4 Å². The second kappa shape index (κ2) is 14.0. The van der Waals surface area contributed by atoms with Crippen molar-refractivity contribution in [2.75, 3.05) is 19.8 Å². The smallest absolute Gasteiger partial charge is 0.187 e. The highest BCUT2D eigenvalue weighted by Crippen LogP contribution is 2.70. The summed E-state index contributed by atoms with van der Waals surface area (Å²) < 4.78 is 37.0. The Morgan fingerprint density at radius 3 is 2.19 bits per heavy atom. The first-order valence-electron chi connectivity index (χ1n) is 20.0. The number of allylic oxidation sites excluding steroid dienone is 1. The van der Waals surface area contributed by atoms with Gasteiger partial charge in [-0.1, -0.05) is 39.3 Å². The van der Waals surface area contributed by atoms with Crippen molar-refractivity contribution in [2.24, 2.45) is 46.3 Å². The Labute approximate surface area is 306 Å². The second-order valence-corrected chi connectivity index (χ2v) is 18.3. The largest absolute Gasteiger partial charge is 0.394 e. The van der Waals surface area contributed by atoms with E-state index in [4.69, 9.17) is 28.4 Å². The van der Waals surface area contributed by atoms with Crippen LogP contribution in [0.5, 0.6) is 0 Å². The summed E-state index contributed by atoms with van der Waals surface area (Å²) in [7, 11) is 0. The van der Waals surface area contributed by atoms with Gasteiger partial charge in [0.25, 0.3) is 0 Å². The van der Waals surface area contributed by atoms with Gasteiger partial charge < -0.3 is 64.2 Å². The molecule has 4 saturated heterocycles. The molecule has 1 spiro atoms. The van der Waals surface area contributed by atoms with Crippen LogP contribution in [-0.2, 0) is 28.4 Å². The highest BCUT2D eigenvalue weighted by atomic mass is 16.7. The maximum absolute atomic E-state index is 11.4. The highest BCUT2D eigenvalue weighted by molar-refractivity contribution is 5.26. The SMILES string of the molecule is C[C@@H]1CC[C@@]2(OC1)O[C@H]1C[C@H]3[C@@H]4CC=C5C[C@@H](O[C@@H]6O[C@H](CO)[C@@H](O)[C@H](O[C@@H]7O[C@H](CO)[C@@H](O)[C@H](O)[C@H]7O)[C@H]6O)CC[C@]5(C)[C@H]4CC[C@]3(C)[C@H]1[C@@H]2C. The monoisotopic (exact) mass is 738 g/mol. The predicted octanol–water partition coefficient (Wildman–Crippen LogP) is 1.36. The van der Waals surface area contributed by atoms with Crippen molar-refractivity contribution in [1.29, 1.82) is 0 Å². The molecule has 8 rings (SSSR count). The molecule has 13 heteroatoms. The summed E-state index contributed by atoms with van der Waals surface area (Å²) >= 11 is 0. The van der Waals surface area contributed by atoms with Gasteiger partial charge in [-0.25, -0.2) is 0 Å². The van der Waals surface area contributed by atoms with Crippen LogP contribution in [0.1, 0.15) is 85.5 Å². The van der Waals surface area contributed by atoms with Gasteiger partial charge >= 0.3 is 0 Å². The van der Waals surface area contributed by atoms with Crippen molar-refractivity contribution in [3.8, 4) is 0 Å². The Hall–Kier alpha value is -0.780. The summed E-state index contributed by atoms with van der Waals surface area (Å²) in [5.41, 5.74) is 1.67. The number of rotatable bonds is 6. The molecule has 52 heavy (non-hydrogen) atoms. The molecule has 8 aliphatic rings. The lowest BCUT2D eigenvalue weighted by molar-refractivity contribution is -0.364. The number of ether oxygens (including phenoxy) is 6.